The number of esters is 1. The van der Waals surface area contributed by atoms with E-state index in [2.05, 4.69) is 5.32 Å². The average molecular weight is 420 g/mol. The number of methoxy groups -OCH3 is 1. The van der Waals surface area contributed by atoms with Gasteiger partial charge in [0.15, 0.2) is 6.61 Å². The first-order chi connectivity index (χ1) is 13.6. The number of nitrogens with one attached hydrogen (secondary N) is 1. The van der Waals surface area contributed by atoms with Gasteiger partial charge in [0.05, 0.1) is 12.7 Å². The highest BCUT2D eigenvalue weighted by atomic mass is 32.2. The minimum Gasteiger partial charge on any atom is -0.495 e. The third-order valence-corrected chi connectivity index (χ3v) is 6.12. The van der Waals surface area contributed by atoms with Crippen molar-refractivity contribution < 1.29 is 27.5 Å². The topological polar surface area (TPSA) is 102 Å². The second kappa shape index (κ2) is 9.06. The number of hydrogen-bond acceptors (Lipinski definition) is 6. The fraction of sp³-hybridized carbons (Fsp3) is 0.300. The van der Waals surface area contributed by atoms with Gasteiger partial charge in [-0.05, 0) is 55.3 Å². The summed E-state index contributed by atoms with van der Waals surface area (Å²) in [5.41, 5.74) is 2.57. The van der Waals surface area contributed by atoms with E-state index in [-0.39, 0.29) is 16.3 Å². The summed E-state index contributed by atoms with van der Waals surface area (Å²) in [5, 5.41) is 2.52. The van der Waals surface area contributed by atoms with E-state index < -0.39 is 28.5 Å². The molecule has 0 aliphatic heterocycles. The molecule has 0 heterocycles. The number of ether oxygens (including phenoxy) is 2. The van der Waals surface area contributed by atoms with Gasteiger partial charge in [-0.2, -0.15) is 0 Å². The Balaban J connectivity index is 2.09. The van der Waals surface area contributed by atoms with E-state index in [1.807, 2.05) is 13.8 Å². The summed E-state index contributed by atoms with van der Waals surface area (Å²) >= 11 is 0. The van der Waals surface area contributed by atoms with Crippen LogP contribution in [0.15, 0.2) is 41.3 Å². The zero-order chi connectivity index (χ0) is 21.8. The number of aryl methyl sites for hydroxylation is 2. The fourth-order valence-electron chi connectivity index (χ4n) is 2.43. The number of carbonyl (C=O) groups is 2. The first-order valence-corrected chi connectivity index (χ1v) is 10.1. The van der Waals surface area contributed by atoms with Crippen LogP contribution in [-0.2, 0) is 19.6 Å². The molecule has 0 aliphatic rings. The number of rotatable bonds is 7. The van der Waals surface area contributed by atoms with Gasteiger partial charge in [0.2, 0.25) is 10.0 Å². The van der Waals surface area contributed by atoms with Crippen molar-refractivity contribution in [1.29, 1.82) is 0 Å². The summed E-state index contributed by atoms with van der Waals surface area (Å²) in [5.74, 6) is -1.06. The van der Waals surface area contributed by atoms with E-state index >= 15 is 0 Å². The number of sulfonamides is 1. The molecular formula is C20H24N2O6S. The molecule has 0 unspecified atom stereocenters. The number of hydrogen-bond donors (Lipinski definition) is 1. The first-order valence-electron chi connectivity index (χ1n) is 8.71. The number of nitrogens with zero attached hydrogens (tertiary/aromatic N) is 1. The Kier molecular flexibility index (Phi) is 6.99. The van der Waals surface area contributed by atoms with Crippen LogP contribution in [0.25, 0.3) is 0 Å². The van der Waals surface area contributed by atoms with Crippen LogP contribution in [0.1, 0.15) is 21.5 Å². The molecule has 0 atom stereocenters. The molecule has 0 aliphatic carbocycles. The maximum Gasteiger partial charge on any atom is 0.338 e. The van der Waals surface area contributed by atoms with E-state index in [0.29, 0.717) is 5.56 Å². The summed E-state index contributed by atoms with van der Waals surface area (Å²) in [7, 11) is 0.370. The van der Waals surface area contributed by atoms with Crippen molar-refractivity contribution in [2.24, 2.45) is 0 Å². The minimum absolute atomic E-state index is 0.0880. The predicted molar refractivity (Wildman–Crippen MR) is 109 cm³/mol. The number of carbonyl (C=O) groups excluding carboxylic acids is 2. The molecule has 29 heavy (non-hydrogen) atoms. The van der Waals surface area contributed by atoms with Crippen LogP contribution in [-0.4, -0.2) is 52.4 Å². The van der Waals surface area contributed by atoms with Gasteiger partial charge in [0.25, 0.3) is 5.91 Å². The lowest BCUT2D eigenvalue weighted by molar-refractivity contribution is -0.119. The zero-order valence-corrected chi connectivity index (χ0v) is 17.8. The maximum absolute atomic E-state index is 12.4. The highest BCUT2D eigenvalue weighted by Gasteiger charge is 2.23. The molecule has 0 fully saturated rings. The Morgan fingerprint density at radius 3 is 2.31 bits per heavy atom. The molecule has 2 aromatic carbocycles. The Bertz CT molecular complexity index is 1030. The highest BCUT2D eigenvalue weighted by Crippen LogP contribution is 2.28. The smallest absolute Gasteiger partial charge is 0.338 e. The van der Waals surface area contributed by atoms with Crippen LogP contribution >= 0.6 is 0 Å². The summed E-state index contributed by atoms with van der Waals surface area (Å²) in [6.45, 7) is 3.30. The molecule has 0 radical (unpaired) electrons. The van der Waals surface area contributed by atoms with Crippen molar-refractivity contribution in [3.8, 4) is 5.75 Å². The largest absolute Gasteiger partial charge is 0.495 e. The first kappa shape index (κ1) is 22.4. The molecule has 0 bridgehead atoms. The van der Waals surface area contributed by atoms with Gasteiger partial charge in [-0.25, -0.2) is 17.5 Å². The molecule has 0 spiro atoms. The van der Waals surface area contributed by atoms with E-state index in [9.17, 15) is 18.0 Å². The molecule has 8 nitrogen and oxygen atoms in total. The SMILES string of the molecule is COc1ccc(NC(=O)COC(=O)c2ccc(C)c(C)c2)cc1S(=O)(=O)N(C)C. The van der Waals surface area contributed by atoms with Crippen LogP contribution < -0.4 is 10.1 Å². The van der Waals surface area contributed by atoms with Gasteiger partial charge in [0, 0.05) is 19.8 Å². The van der Waals surface area contributed by atoms with Gasteiger partial charge < -0.3 is 14.8 Å². The van der Waals surface area contributed by atoms with Crippen LogP contribution in [0.5, 0.6) is 5.75 Å². The highest BCUT2D eigenvalue weighted by molar-refractivity contribution is 7.89. The number of anilines is 1. The minimum atomic E-state index is -3.78. The zero-order valence-electron chi connectivity index (χ0n) is 17.0. The lowest BCUT2D eigenvalue weighted by Crippen LogP contribution is -2.24. The summed E-state index contributed by atoms with van der Waals surface area (Å²) < 4.78 is 36.1. The second-order valence-corrected chi connectivity index (χ2v) is 8.70. The van der Waals surface area contributed by atoms with Crippen molar-refractivity contribution in [2.45, 2.75) is 18.7 Å². The summed E-state index contributed by atoms with van der Waals surface area (Å²) in [4.78, 5) is 24.2. The Morgan fingerprint density at radius 1 is 1.03 bits per heavy atom. The second-order valence-electron chi connectivity index (χ2n) is 6.58. The monoisotopic (exact) mass is 420 g/mol. The number of amides is 1. The molecule has 156 valence electrons. The molecule has 0 aromatic heterocycles. The fourth-order valence-corrected chi connectivity index (χ4v) is 3.51. The third kappa shape index (κ3) is 5.33. The molecular weight excluding hydrogens is 396 g/mol. The van der Waals surface area contributed by atoms with Gasteiger partial charge >= 0.3 is 5.97 Å². The van der Waals surface area contributed by atoms with Gasteiger partial charge in [0.1, 0.15) is 10.6 Å². The van der Waals surface area contributed by atoms with Crippen LogP contribution in [0.2, 0.25) is 0 Å². The molecule has 9 heteroatoms. The molecule has 0 saturated heterocycles. The van der Waals surface area contributed by atoms with Crippen molar-refractivity contribution in [1.82, 2.24) is 4.31 Å². The Hall–Kier alpha value is -2.91. The van der Waals surface area contributed by atoms with E-state index in [1.165, 1.54) is 39.4 Å². The molecule has 2 rings (SSSR count). The van der Waals surface area contributed by atoms with E-state index in [0.717, 1.165) is 15.4 Å². The van der Waals surface area contributed by atoms with E-state index in [4.69, 9.17) is 9.47 Å². The van der Waals surface area contributed by atoms with Gasteiger partial charge in [-0.15, -0.1) is 0 Å². The van der Waals surface area contributed by atoms with Crippen molar-refractivity contribution >= 4 is 27.6 Å². The summed E-state index contributed by atoms with van der Waals surface area (Å²) in [6, 6.07) is 9.35. The predicted octanol–water partition coefficient (Wildman–Crippen LogP) is 2.36. The third-order valence-electron chi connectivity index (χ3n) is 4.28. The normalized spacial score (nSPS) is 11.2. The van der Waals surface area contributed by atoms with Crippen LogP contribution in [0, 0.1) is 13.8 Å². The molecule has 1 amide bonds. The molecule has 2 aromatic rings. The van der Waals surface area contributed by atoms with Crippen LogP contribution in [0.3, 0.4) is 0 Å². The average Bonchev–Trinajstić information content (AvgIpc) is 2.68. The lowest BCUT2D eigenvalue weighted by Gasteiger charge is -2.16. The standard InChI is InChI=1S/C20H24N2O6S/c1-13-6-7-15(10-14(13)2)20(24)28-12-19(23)21-16-8-9-17(27-5)18(11-16)29(25,26)22(3)4/h6-11H,12H2,1-5H3,(H,21,23). The van der Waals surface area contributed by atoms with E-state index in [1.54, 1.807) is 18.2 Å². The van der Waals surface area contributed by atoms with Crippen molar-refractivity contribution in [2.75, 3.05) is 33.1 Å². The van der Waals surface area contributed by atoms with Gasteiger partial charge in [-0.3, -0.25) is 4.79 Å². The Morgan fingerprint density at radius 2 is 1.72 bits per heavy atom. The summed E-state index contributed by atoms with van der Waals surface area (Å²) in [6.07, 6.45) is 0. The Labute approximate surface area is 170 Å². The van der Waals surface area contributed by atoms with Gasteiger partial charge in [-0.1, -0.05) is 6.07 Å². The molecule has 1 N–H and O–H groups in total. The van der Waals surface area contributed by atoms with Crippen molar-refractivity contribution in [3.05, 3.63) is 53.1 Å². The molecule has 0 saturated carbocycles. The quantitative estimate of drug-likeness (QED) is 0.690. The maximum atomic E-state index is 12.4. The van der Waals surface area contributed by atoms with Crippen molar-refractivity contribution in [3.63, 3.8) is 0 Å². The van der Waals surface area contributed by atoms with Crippen LogP contribution in [0.4, 0.5) is 5.69 Å². The lowest BCUT2D eigenvalue weighted by atomic mass is 10.1. The number of benzene rings is 2.